The Hall–Kier alpha value is -1.29. The number of nitrogens with zero attached hydrogens (tertiary/aromatic N) is 3. The standard InChI is InChI=1S/C16H22ClN3O/c1-11-15(16(17)19(2)18-11)13-8-5-9-20(13)14(21)10-12-6-3-4-7-12/h3,6,12-13H,4-5,7-10H2,1-2H3/t12-,13+/m1/s1. The van der Waals surface area contributed by atoms with Crippen molar-refractivity contribution in [2.75, 3.05) is 6.54 Å². The lowest BCUT2D eigenvalue weighted by Crippen LogP contribution is -2.31. The van der Waals surface area contributed by atoms with Gasteiger partial charge in [0.05, 0.1) is 11.7 Å². The van der Waals surface area contributed by atoms with Gasteiger partial charge in [0.15, 0.2) is 0 Å². The molecule has 1 fully saturated rings. The first-order valence-electron chi connectivity index (χ1n) is 7.73. The Morgan fingerprint density at radius 3 is 2.90 bits per heavy atom. The van der Waals surface area contributed by atoms with E-state index in [2.05, 4.69) is 17.3 Å². The maximum Gasteiger partial charge on any atom is 0.223 e. The Morgan fingerprint density at radius 2 is 2.29 bits per heavy atom. The fourth-order valence-electron chi connectivity index (χ4n) is 3.60. The Balaban J connectivity index is 1.78. The van der Waals surface area contributed by atoms with Crippen molar-refractivity contribution in [1.82, 2.24) is 14.7 Å². The number of carbonyl (C=O) groups is 1. The molecule has 4 nitrogen and oxygen atoms in total. The molecule has 5 heteroatoms. The summed E-state index contributed by atoms with van der Waals surface area (Å²) in [5, 5.41) is 5.05. The van der Waals surface area contributed by atoms with E-state index in [0.717, 1.165) is 43.5 Å². The molecule has 1 aliphatic heterocycles. The van der Waals surface area contributed by atoms with Gasteiger partial charge in [-0.1, -0.05) is 23.8 Å². The largest absolute Gasteiger partial charge is 0.335 e. The average molecular weight is 308 g/mol. The first-order valence-corrected chi connectivity index (χ1v) is 8.11. The van der Waals surface area contributed by atoms with Gasteiger partial charge in [-0.3, -0.25) is 9.48 Å². The van der Waals surface area contributed by atoms with Gasteiger partial charge in [-0.15, -0.1) is 0 Å². The summed E-state index contributed by atoms with van der Waals surface area (Å²) >= 11 is 6.39. The van der Waals surface area contributed by atoms with Gasteiger partial charge in [0, 0.05) is 25.6 Å². The molecule has 2 heterocycles. The molecule has 21 heavy (non-hydrogen) atoms. The fourth-order valence-corrected chi connectivity index (χ4v) is 3.90. The second kappa shape index (κ2) is 5.84. The number of amides is 1. The molecule has 0 saturated carbocycles. The second-order valence-corrected chi connectivity index (χ2v) is 6.49. The highest BCUT2D eigenvalue weighted by Crippen LogP contribution is 2.38. The number of carbonyl (C=O) groups excluding carboxylic acids is 1. The summed E-state index contributed by atoms with van der Waals surface area (Å²) in [6, 6.07) is 0.101. The summed E-state index contributed by atoms with van der Waals surface area (Å²) in [5.41, 5.74) is 1.97. The van der Waals surface area contributed by atoms with E-state index < -0.39 is 0 Å². The van der Waals surface area contributed by atoms with Crippen LogP contribution < -0.4 is 0 Å². The molecule has 0 radical (unpaired) electrons. The number of halogens is 1. The van der Waals surface area contributed by atoms with E-state index in [1.807, 2.05) is 18.9 Å². The lowest BCUT2D eigenvalue weighted by atomic mass is 10.0. The number of hydrogen-bond donors (Lipinski definition) is 0. The monoisotopic (exact) mass is 307 g/mol. The second-order valence-electron chi connectivity index (χ2n) is 6.13. The van der Waals surface area contributed by atoms with Crippen LogP contribution in [0.3, 0.4) is 0 Å². The van der Waals surface area contributed by atoms with Crippen molar-refractivity contribution in [2.45, 2.75) is 45.1 Å². The van der Waals surface area contributed by atoms with Crippen LogP contribution in [0.25, 0.3) is 0 Å². The molecular weight excluding hydrogens is 286 g/mol. The van der Waals surface area contributed by atoms with Crippen molar-refractivity contribution in [2.24, 2.45) is 13.0 Å². The van der Waals surface area contributed by atoms with E-state index in [4.69, 9.17) is 11.6 Å². The van der Waals surface area contributed by atoms with Crippen LogP contribution >= 0.6 is 11.6 Å². The van der Waals surface area contributed by atoms with Crippen LogP contribution in [0.2, 0.25) is 5.15 Å². The third-order valence-corrected chi connectivity index (χ3v) is 5.10. The maximum absolute atomic E-state index is 12.6. The number of hydrogen-bond acceptors (Lipinski definition) is 2. The Labute approximate surface area is 130 Å². The quantitative estimate of drug-likeness (QED) is 0.803. The van der Waals surface area contributed by atoms with E-state index >= 15 is 0 Å². The molecule has 1 amide bonds. The van der Waals surface area contributed by atoms with Crippen molar-refractivity contribution in [1.29, 1.82) is 0 Å². The molecule has 0 spiro atoms. The minimum absolute atomic E-state index is 0.101. The van der Waals surface area contributed by atoms with Crippen LogP contribution in [0.4, 0.5) is 0 Å². The lowest BCUT2D eigenvalue weighted by Gasteiger charge is -2.26. The molecule has 0 unspecified atom stereocenters. The van der Waals surface area contributed by atoms with Crippen LogP contribution in [-0.2, 0) is 11.8 Å². The topological polar surface area (TPSA) is 38.1 Å². The number of likely N-dealkylation sites (tertiary alicyclic amines) is 1. The van der Waals surface area contributed by atoms with Crippen LogP contribution in [0.1, 0.15) is 49.4 Å². The van der Waals surface area contributed by atoms with E-state index in [9.17, 15) is 4.79 Å². The van der Waals surface area contributed by atoms with Crippen molar-refractivity contribution in [3.05, 3.63) is 28.6 Å². The Kier molecular flexibility index (Phi) is 4.07. The molecule has 1 saturated heterocycles. The first-order chi connectivity index (χ1) is 10.1. The third-order valence-electron chi connectivity index (χ3n) is 4.65. The van der Waals surface area contributed by atoms with Gasteiger partial charge in [0.2, 0.25) is 5.91 Å². The molecule has 114 valence electrons. The lowest BCUT2D eigenvalue weighted by molar-refractivity contribution is -0.132. The maximum atomic E-state index is 12.6. The molecule has 1 aliphatic carbocycles. The number of aromatic nitrogens is 2. The summed E-state index contributed by atoms with van der Waals surface area (Å²) < 4.78 is 1.70. The van der Waals surface area contributed by atoms with Crippen LogP contribution in [0.15, 0.2) is 12.2 Å². The highest BCUT2D eigenvalue weighted by molar-refractivity contribution is 6.30. The third kappa shape index (κ3) is 2.73. The van der Waals surface area contributed by atoms with Gasteiger partial charge < -0.3 is 4.90 Å². The summed E-state index contributed by atoms with van der Waals surface area (Å²) in [7, 11) is 1.85. The minimum Gasteiger partial charge on any atom is -0.335 e. The summed E-state index contributed by atoms with van der Waals surface area (Å²) in [6.45, 7) is 2.81. The fraction of sp³-hybridized carbons (Fsp3) is 0.625. The van der Waals surface area contributed by atoms with Gasteiger partial charge in [-0.05, 0) is 38.5 Å². The smallest absolute Gasteiger partial charge is 0.223 e. The number of allylic oxidation sites excluding steroid dienone is 2. The van der Waals surface area contributed by atoms with Crippen LogP contribution in [0, 0.1) is 12.8 Å². The van der Waals surface area contributed by atoms with E-state index in [1.54, 1.807) is 4.68 Å². The number of rotatable bonds is 3. The van der Waals surface area contributed by atoms with Gasteiger partial charge in [-0.2, -0.15) is 5.10 Å². The zero-order chi connectivity index (χ0) is 15.0. The highest BCUT2D eigenvalue weighted by atomic mass is 35.5. The van der Waals surface area contributed by atoms with E-state index in [0.29, 0.717) is 17.5 Å². The van der Waals surface area contributed by atoms with Crippen LogP contribution in [0.5, 0.6) is 0 Å². The van der Waals surface area contributed by atoms with Crippen molar-refractivity contribution < 1.29 is 4.79 Å². The molecule has 3 rings (SSSR count). The summed E-state index contributed by atoms with van der Waals surface area (Å²) in [5.74, 6) is 0.678. The predicted octanol–water partition coefficient (Wildman–Crippen LogP) is 3.40. The molecular formula is C16H22ClN3O. The van der Waals surface area contributed by atoms with E-state index in [1.165, 1.54) is 0 Å². The summed E-state index contributed by atoms with van der Waals surface area (Å²) in [4.78, 5) is 14.7. The zero-order valence-corrected chi connectivity index (χ0v) is 13.4. The SMILES string of the molecule is Cc1nn(C)c(Cl)c1[C@@H]1CCCN1C(=O)C[C@@H]1C=CCC1. The van der Waals surface area contributed by atoms with Gasteiger partial charge >= 0.3 is 0 Å². The van der Waals surface area contributed by atoms with Crippen molar-refractivity contribution in [3.63, 3.8) is 0 Å². The van der Waals surface area contributed by atoms with Gasteiger partial charge in [0.1, 0.15) is 5.15 Å². The normalized spacial score (nSPS) is 25.0. The van der Waals surface area contributed by atoms with Gasteiger partial charge in [-0.25, -0.2) is 0 Å². The number of aryl methyl sites for hydroxylation is 2. The predicted molar refractivity (Wildman–Crippen MR) is 83.1 cm³/mol. The molecule has 1 aromatic heterocycles. The molecule has 0 aromatic carbocycles. The van der Waals surface area contributed by atoms with Crippen molar-refractivity contribution >= 4 is 17.5 Å². The van der Waals surface area contributed by atoms with Crippen molar-refractivity contribution in [3.8, 4) is 0 Å². The zero-order valence-electron chi connectivity index (χ0n) is 12.7. The first kappa shape index (κ1) is 14.6. The minimum atomic E-state index is 0.101. The van der Waals surface area contributed by atoms with Crippen LogP contribution in [-0.4, -0.2) is 27.1 Å². The van der Waals surface area contributed by atoms with Gasteiger partial charge in [0.25, 0.3) is 0 Å². The average Bonchev–Trinajstić information content (AvgIpc) is 3.13. The highest BCUT2D eigenvalue weighted by Gasteiger charge is 2.34. The molecule has 1 aromatic rings. The molecule has 2 atom stereocenters. The Bertz CT molecular complexity index is 578. The van der Waals surface area contributed by atoms with E-state index in [-0.39, 0.29) is 11.9 Å². The molecule has 0 N–H and O–H groups in total. The molecule has 0 bridgehead atoms. The Morgan fingerprint density at radius 1 is 1.48 bits per heavy atom. The molecule has 2 aliphatic rings. The summed E-state index contributed by atoms with van der Waals surface area (Å²) in [6.07, 6.45) is 9.24.